The van der Waals surface area contributed by atoms with Crippen molar-refractivity contribution in [2.24, 2.45) is 0 Å². The van der Waals surface area contributed by atoms with Crippen LogP contribution in [0.4, 0.5) is 0 Å². The average molecular weight is 466 g/mol. The zero-order chi connectivity index (χ0) is 21.4. The van der Waals surface area contributed by atoms with Crippen molar-refractivity contribution in [2.75, 3.05) is 0 Å². The van der Waals surface area contributed by atoms with E-state index in [-0.39, 0.29) is 17.5 Å². The Morgan fingerprint density at radius 1 is 1.06 bits per heavy atom. The van der Waals surface area contributed by atoms with Gasteiger partial charge in [0.15, 0.2) is 0 Å². The number of amides is 1. The summed E-state index contributed by atoms with van der Waals surface area (Å²) in [6.07, 6.45) is 7.57. The second kappa shape index (κ2) is 8.61. The summed E-state index contributed by atoms with van der Waals surface area (Å²) in [4.78, 5) is 34.5. The van der Waals surface area contributed by atoms with Crippen LogP contribution in [0, 0.1) is 0 Å². The summed E-state index contributed by atoms with van der Waals surface area (Å²) in [6, 6.07) is 15.4. The minimum absolute atomic E-state index is 0.102. The molecular formula is C23H19N3O2S3. The summed E-state index contributed by atoms with van der Waals surface area (Å²) in [5.74, 6) is -0.102. The number of thiocarbonyl (C=S) groups is 1. The Balaban J connectivity index is 1.60. The molecule has 0 bridgehead atoms. The second-order valence-corrected chi connectivity index (χ2v) is 10.2. The highest BCUT2D eigenvalue weighted by atomic mass is 32.2. The van der Waals surface area contributed by atoms with E-state index in [0.29, 0.717) is 25.5 Å². The fourth-order valence-corrected chi connectivity index (χ4v) is 6.27. The van der Waals surface area contributed by atoms with Crippen molar-refractivity contribution in [3.05, 3.63) is 75.6 Å². The summed E-state index contributed by atoms with van der Waals surface area (Å²) < 4.78 is 2.09. The number of hydrogen-bond acceptors (Lipinski definition) is 6. The second-order valence-electron chi connectivity index (χ2n) is 7.47. The van der Waals surface area contributed by atoms with E-state index in [0.717, 1.165) is 30.6 Å². The van der Waals surface area contributed by atoms with E-state index in [1.54, 1.807) is 29.3 Å². The highest BCUT2D eigenvalue weighted by Gasteiger charge is 2.38. The molecule has 2 fully saturated rings. The van der Waals surface area contributed by atoms with Gasteiger partial charge in [0.1, 0.15) is 15.0 Å². The first-order valence-corrected chi connectivity index (χ1v) is 12.2. The molecule has 3 aromatic rings. The summed E-state index contributed by atoms with van der Waals surface area (Å²) in [7, 11) is 0. The van der Waals surface area contributed by atoms with E-state index in [1.807, 2.05) is 36.4 Å². The van der Waals surface area contributed by atoms with Gasteiger partial charge < -0.3 is 0 Å². The number of benzene rings is 1. The smallest absolute Gasteiger partial charge is 0.266 e. The van der Waals surface area contributed by atoms with Crippen LogP contribution < -0.4 is 5.56 Å². The van der Waals surface area contributed by atoms with Gasteiger partial charge in [0.05, 0.1) is 10.5 Å². The van der Waals surface area contributed by atoms with Gasteiger partial charge in [-0.25, -0.2) is 4.98 Å². The van der Waals surface area contributed by atoms with Crippen LogP contribution in [0.15, 0.2) is 74.3 Å². The van der Waals surface area contributed by atoms with Crippen molar-refractivity contribution in [1.29, 1.82) is 0 Å². The molecule has 1 aliphatic carbocycles. The predicted octanol–water partition coefficient (Wildman–Crippen LogP) is 4.99. The number of fused-ring (bicyclic) bond motifs is 1. The molecule has 1 saturated carbocycles. The van der Waals surface area contributed by atoms with E-state index in [4.69, 9.17) is 17.2 Å². The fraction of sp³-hybridized carbons (Fsp3) is 0.217. The Bertz CT molecular complexity index is 1260. The Morgan fingerprint density at radius 3 is 2.58 bits per heavy atom. The van der Waals surface area contributed by atoms with E-state index < -0.39 is 0 Å². The number of aromatic nitrogens is 2. The molecular weight excluding hydrogens is 446 g/mol. The number of nitrogens with zero attached hydrogens (tertiary/aromatic N) is 3. The van der Waals surface area contributed by atoms with E-state index in [2.05, 4.69) is 0 Å². The summed E-state index contributed by atoms with van der Waals surface area (Å²) in [5.41, 5.74) is 0.779. The number of hydrogen-bond donors (Lipinski definition) is 0. The van der Waals surface area contributed by atoms with E-state index >= 15 is 0 Å². The van der Waals surface area contributed by atoms with Crippen molar-refractivity contribution in [2.45, 2.75) is 41.6 Å². The maximum atomic E-state index is 13.4. The third-order valence-corrected chi connectivity index (χ3v) is 7.82. The van der Waals surface area contributed by atoms with Gasteiger partial charge >= 0.3 is 0 Å². The summed E-state index contributed by atoms with van der Waals surface area (Å²) >= 11 is 8.21. The molecule has 8 heteroatoms. The molecule has 0 spiro atoms. The van der Waals surface area contributed by atoms with Crippen LogP contribution in [0.5, 0.6) is 0 Å². The Kier molecular flexibility index (Phi) is 5.69. The molecule has 0 radical (unpaired) electrons. The standard InChI is InChI=1S/C23H19N3O2S3/c27-21-17(14-18-22(28)26(23(29)31-18)15-8-4-5-9-15)20(30-16-10-2-1-3-11-16)24-19-12-6-7-13-25(19)21/h1-3,6-7,10-15H,4-5,8-9H2/b18-14+. The highest BCUT2D eigenvalue weighted by Crippen LogP contribution is 2.38. The molecule has 1 aromatic carbocycles. The van der Waals surface area contributed by atoms with Gasteiger partial charge in [-0.2, -0.15) is 0 Å². The Labute approximate surface area is 193 Å². The van der Waals surface area contributed by atoms with Crippen LogP contribution in [0.1, 0.15) is 31.2 Å². The van der Waals surface area contributed by atoms with Crippen molar-refractivity contribution < 1.29 is 4.79 Å². The van der Waals surface area contributed by atoms with Crippen LogP contribution in [0.3, 0.4) is 0 Å². The van der Waals surface area contributed by atoms with Gasteiger partial charge in [0, 0.05) is 17.1 Å². The lowest BCUT2D eigenvalue weighted by Crippen LogP contribution is -2.36. The topological polar surface area (TPSA) is 54.7 Å². The maximum Gasteiger partial charge on any atom is 0.266 e. The lowest BCUT2D eigenvalue weighted by molar-refractivity contribution is -0.123. The summed E-state index contributed by atoms with van der Waals surface area (Å²) in [6.45, 7) is 0. The monoisotopic (exact) mass is 465 g/mol. The van der Waals surface area contributed by atoms with Gasteiger partial charge in [0.25, 0.3) is 11.5 Å². The van der Waals surface area contributed by atoms with Crippen LogP contribution in [0.25, 0.3) is 11.7 Å². The van der Waals surface area contributed by atoms with Crippen LogP contribution in [-0.4, -0.2) is 30.6 Å². The molecule has 0 unspecified atom stereocenters. The molecule has 5 nitrogen and oxygen atoms in total. The lowest BCUT2D eigenvalue weighted by Gasteiger charge is -2.21. The molecule has 1 amide bonds. The quantitative estimate of drug-likeness (QED) is 0.307. The zero-order valence-corrected chi connectivity index (χ0v) is 19.0. The molecule has 5 rings (SSSR count). The lowest BCUT2D eigenvalue weighted by atomic mass is 10.2. The molecule has 31 heavy (non-hydrogen) atoms. The molecule has 156 valence electrons. The molecule has 2 aliphatic rings. The first kappa shape index (κ1) is 20.5. The molecule has 1 aliphatic heterocycles. The largest absolute Gasteiger partial charge is 0.290 e. The molecule has 3 heterocycles. The first-order chi connectivity index (χ1) is 15.1. The minimum Gasteiger partial charge on any atom is -0.290 e. The van der Waals surface area contributed by atoms with Crippen molar-refractivity contribution in [1.82, 2.24) is 14.3 Å². The SMILES string of the molecule is O=C1/C(=C\c2c(Sc3ccccc3)nc3ccccn3c2=O)SC(=S)N1C1CCCC1. The molecule has 1 saturated heterocycles. The fourth-order valence-electron chi connectivity index (χ4n) is 3.97. The van der Waals surface area contributed by atoms with Gasteiger partial charge in [-0.3, -0.25) is 18.9 Å². The average Bonchev–Trinajstić information content (AvgIpc) is 3.39. The molecule has 2 aromatic heterocycles. The van der Waals surface area contributed by atoms with E-state index in [9.17, 15) is 9.59 Å². The number of pyridine rings is 1. The van der Waals surface area contributed by atoms with Gasteiger partial charge in [0.2, 0.25) is 0 Å². The zero-order valence-electron chi connectivity index (χ0n) is 16.6. The van der Waals surface area contributed by atoms with Crippen molar-refractivity contribution in [3.8, 4) is 0 Å². The van der Waals surface area contributed by atoms with Gasteiger partial charge in [-0.15, -0.1) is 0 Å². The van der Waals surface area contributed by atoms with Gasteiger partial charge in [-0.05, 0) is 43.2 Å². The molecule has 0 atom stereocenters. The minimum atomic E-state index is -0.199. The van der Waals surface area contributed by atoms with Crippen LogP contribution in [-0.2, 0) is 4.79 Å². The predicted molar refractivity (Wildman–Crippen MR) is 129 cm³/mol. The first-order valence-electron chi connectivity index (χ1n) is 10.1. The number of rotatable bonds is 4. The molecule has 0 N–H and O–H groups in total. The van der Waals surface area contributed by atoms with Crippen LogP contribution >= 0.6 is 35.7 Å². The number of carbonyl (C=O) groups excluding carboxylic acids is 1. The third kappa shape index (κ3) is 3.95. The summed E-state index contributed by atoms with van der Waals surface area (Å²) in [5, 5.41) is 0.577. The number of carbonyl (C=O) groups is 1. The number of thioether (sulfide) groups is 1. The third-order valence-electron chi connectivity index (χ3n) is 5.48. The normalized spacial score (nSPS) is 18.6. The Morgan fingerprint density at radius 2 is 1.81 bits per heavy atom. The van der Waals surface area contributed by atoms with E-state index in [1.165, 1.54) is 27.9 Å². The van der Waals surface area contributed by atoms with Crippen molar-refractivity contribution >= 4 is 57.7 Å². The van der Waals surface area contributed by atoms with Gasteiger partial charge in [-0.1, -0.05) is 72.8 Å². The highest BCUT2D eigenvalue weighted by molar-refractivity contribution is 8.26. The van der Waals surface area contributed by atoms with Crippen LogP contribution in [0.2, 0.25) is 0 Å². The van der Waals surface area contributed by atoms with Crippen molar-refractivity contribution in [3.63, 3.8) is 0 Å². The Hall–Kier alpha value is -2.42. The maximum absolute atomic E-state index is 13.4.